The van der Waals surface area contributed by atoms with E-state index >= 15 is 0 Å². The number of aryl methyl sites for hydroxylation is 1. The van der Waals surface area contributed by atoms with Gasteiger partial charge in [-0.1, -0.05) is 97.9 Å². The molecule has 0 unspecified atom stereocenters. The lowest BCUT2D eigenvalue weighted by atomic mass is 9.87. The largest absolute Gasteiger partial charge is 0.497 e. The first-order valence-electron chi connectivity index (χ1n) is 13.8. The molecule has 0 aliphatic carbocycles. The highest BCUT2D eigenvalue weighted by Crippen LogP contribution is 2.36. The van der Waals surface area contributed by atoms with Crippen LogP contribution in [0.15, 0.2) is 109 Å². The van der Waals surface area contributed by atoms with Gasteiger partial charge in [0, 0.05) is 41.9 Å². The van der Waals surface area contributed by atoms with Gasteiger partial charge in [0.2, 0.25) is 5.91 Å². The van der Waals surface area contributed by atoms with E-state index < -0.39 is 0 Å². The van der Waals surface area contributed by atoms with Crippen LogP contribution in [0, 0.1) is 0 Å². The van der Waals surface area contributed by atoms with Crippen LogP contribution in [0.5, 0.6) is 5.75 Å². The number of fused-ring (bicyclic) bond motifs is 1. The highest BCUT2D eigenvalue weighted by molar-refractivity contribution is 5.88. The van der Waals surface area contributed by atoms with Crippen molar-refractivity contribution in [3.05, 3.63) is 137 Å². The topological polar surface area (TPSA) is 54.1 Å². The lowest BCUT2D eigenvalue weighted by Gasteiger charge is -2.20. The summed E-state index contributed by atoms with van der Waals surface area (Å²) < 4.78 is 5.52. The van der Waals surface area contributed by atoms with Crippen molar-refractivity contribution in [2.45, 2.75) is 38.0 Å². The van der Waals surface area contributed by atoms with Crippen LogP contribution in [0.2, 0.25) is 0 Å². The SMILES string of the molecule is CCc1cccc2c([C@H](CC(=O)NCCC(c3ccccc3)c3ccccc3)c3cccc(OC)c3)c[nH]c12. The van der Waals surface area contributed by atoms with E-state index in [-0.39, 0.29) is 17.7 Å². The molecule has 1 atom stereocenters. The van der Waals surface area contributed by atoms with E-state index in [1.807, 2.05) is 30.3 Å². The maximum absolute atomic E-state index is 13.4. The fraction of sp³-hybridized carbons (Fsp3) is 0.229. The van der Waals surface area contributed by atoms with Crippen LogP contribution in [0.4, 0.5) is 0 Å². The molecule has 0 spiro atoms. The van der Waals surface area contributed by atoms with Crippen LogP contribution >= 0.6 is 0 Å². The Hall–Kier alpha value is -4.31. The van der Waals surface area contributed by atoms with Gasteiger partial charge in [-0.25, -0.2) is 0 Å². The van der Waals surface area contributed by atoms with Gasteiger partial charge in [0.25, 0.3) is 0 Å². The monoisotopic (exact) mass is 516 g/mol. The number of aromatic amines is 1. The molecule has 198 valence electrons. The van der Waals surface area contributed by atoms with E-state index in [1.54, 1.807) is 7.11 Å². The summed E-state index contributed by atoms with van der Waals surface area (Å²) in [4.78, 5) is 16.9. The van der Waals surface area contributed by atoms with E-state index in [2.05, 4.69) is 96.2 Å². The number of benzene rings is 4. The Kier molecular flexibility index (Phi) is 8.42. The molecule has 0 aliphatic rings. The first kappa shape index (κ1) is 26.3. The Balaban J connectivity index is 1.36. The van der Waals surface area contributed by atoms with Gasteiger partial charge in [0.05, 0.1) is 7.11 Å². The maximum atomic E-state index is 13.4. The number of methoxy groups -OCH3 is 1. The molecule has 39 heavy (non-hydrogen) atoms. The molecule has 1 heterocycles. The molecule has 0 radical (unpaired) electrons. The maximum Gasteiger partial charge on any atom is 0.220 e. The summed E-state index contributed by atoms with van der Waals surface area (Å²) in [5, 5.41) is 4.40. The number of ether oxygens (including phenoxy) is 1. The van der Waals surface area contributed by atoms with Gasteiger partial charge in [-0.15, -0.1) is 0 Å². The van der Waals surface area contributed by atoms with Crippen molar-refractivity contribution in [2.24, 2.45) is 0 Å². The van der Waals surface area contributed by atoms with Crippen molar-refractivity contribution in [3.63, 3.8) is 0 Å². The van der Waals surface area contributed by atoms with Gasteiger partial charge < -0.3 is 15.0 Å². The van der Waals surface area contributed by atoms with Gasteiger partial charge in [0.15, 0.2) is 0 Å². The summed E-state index contributed by atoms with van der Waals surface area (Å²) in [6.45, 7) is 2.77. The minimum absolute atomic E-state index is 0.0451. The van der Waals surface area contributed by atoms with Gasteiger partial charge in [0.1, 0.15) is 5.75 Å². The number of hydrogen-bond donors (Lipinski definition) is 2. The van der Waals surface area contributed by atoms with E-state index in [4.69, 9.17) is 4.74 Å². The Morgan fingerprint density at radius 2 is 1.49 bits per heavy atom. The number of rotatable bonds is 11. The third-order valence-corrected chi connectivity index (χ3v) is 7.63. The smallest absolute Gasteiger partial charge is 0.220 e. The van der Waals surface area contributed by atoms with Crippen LogP contribution in [-0.4, -0.2) is 24.5 Å². The molecule has 0 aliphatic heterocycles. The summed E-state index contributed by atoms with van der Waals surface area (Å²) in [7, 11) is 1.68. The highest BCUT2D eigenvalue weighted by Gasteiger charge is 2.23. The average Bonchev–Trinajstić information content (AvgIpc) is 3.43. The lowest BCUT2D eigenvalue weighted by molar-refractivity contribution is -0.121. The fourth-order valence-corrected chi connectivity index (χ4v) is 5.60. The number of nitrogens with one attached hydrogen (secondary N) is 2. The second-order valence-electron chi connectivity index (χ2n) is 9.98. The Bertz CT molecular complexity index is 1470. The number of hydrogen-bond acceptors (Lipinski definition) is 2. The zero-order chi connectivity index (χ0) is 27.0. The zero-order valence-corrected chi connectivity index (χ0v) is 22.7. The van der Waals surface area contributed by atoms with Crippen LogP contribution in [0.3, 0.4) is 0 Å². The predicted octanol–water partition coefficient (Wildman–Crippen LogP) is 7.60. The van der Waals surface area contributed by atoms with Gasteiger partial charge in [-0.3, -0.25) is 4.79 Å². The molecular formula is C35H36N2O2. The molecule has 2 N–H and O–H groups in total. The van der Waals surface area contributed by atoms with Crippen LogP contribution < -0.4 is 10.1 Å². The molecule has 5 aromatic rings. The molecule has 4 aromatic carbocycles. The van der Waals surface area contributed by atoms with E-state index in [1.165, 1.54) is 22.1 Å². The summed E-state index contributed by atoms with van der Waals surface area (Å²) in [6.07, 6.45) is 4.21. The first-order chi connectivity index (χ1) is 19.2. The van der Waals surface area contributed by atoms with E-state index in [9.17, 15) is 4.79 Å². The van der Waals surface area contributed by atoms with Crippen molar-refractivity contribution < 1.29 is 9.53 Å². The molecule has 1 aromatic heterocycles. The molecule has 4 heteroatoms. The Labute approximate surface area is 231 Å². The summed E-state index contributed by atoms with van der Waals surface area (Å²) in [6, 6.07) is 35.5. The number of carbonyl (C=O) groups is 1. The number of aromatic nitrogens is 1. The normalized spacial score (nSPS) is 12.0. The first-order valence-corrected chi connectivity index (χ1v) is 13.8. The third kappa shape index (κ3) is 6.06. The van der Waals surface area contributed by atoms with Crippen LogP contribution in [-0.2, 0) is 11.2 Å². The summed E-state index contributed by atoms with van der Waals surface area (Å²) in [5.41, 5.74) is 7.15. The molecule has 0 saturated heterocycles. The standard InChI is InChI=1S/C35H36N2O2/c1-3-25-16-11-19-31-33(24-37-35(25)31)32(28-17-10-18-29(22-28)39-2)23-34(38)36-21-20-30(26-12-6-4-7-13-26)27-14-8-5-9-15-27/h4-19,22,24,30,32,37H,3,20-21,23H2,1-2H3,(H,36,38)/t32-/m1/s1. The third-order valence-electron chi connectivity index (χ3n) is 7.63. The molecule has 1 amide bonds. The second kappa shape index (κ2) is 12.5. The van der Waals surface area contributed by atoms with E-state index in [0.29, 0.717) is 13.0 Å². The number of amides is 1. The predicted molar refractivity (Wildman–Crippen MR) is 159 cm³/mol. The van der Waals surface area contributed by atoms with E-state index in [0.717, 1.165) is 35.2 Å². The Morgan fingerprint density at radius 3 is 2.15 bits per heavy atom. The number of H-pyrrole nitrogens is 1. The second-order valence-corrected chi connectivity index (χ2v) is 9.98. The Morgan fingerprint density at radius 1 is 0.821 bits per heavy atom. The van der Waals surface area contributed by atoms with Gasteiger partial charge in [-0.05, 0) is 52.8 Å². The molecule has 5 rings (SSSR count). The van der Waals surface area contributed by atoms with Crippen molar-refractivity contribution in [1.82, 2.24) is 10.3 Å². The molecule has 0 saturated carbocycles. The average molecular weight is 517 g/mol. The molecular weight excluding hydrogens is 480 g/mol. The zero-order valence-electron chi connectivity index (χ0n) is 22.7. The van der Waals surface area contributed by atoms with Crippen molar-refractivity contribution in [2.75, 3.05) is 13.7 Å². The van der Waals surface area contributed by atoms with Gasteiger partial charge >= 0.3 is 0 Å². The number of carbonyl (C=O) groups excluding carboxylic acids is 1. The molecule has 4 nitrogen and oxygen atoms in total. The highest BCUT2D eigenvalue weighted by atomic mass is 16.5. The van der Waals surface area contributed by atoms with Crippen LogP contribution in [0.1, 0.15) is 59.4 Å². The van der Waals surface area contributed by atoms with Gasteiger partial charge in [-0.2, -0.15) is 0 Å². The molecule has 0 bridgehead atoms. The summed E-state index contributed by atoms with van der Waals surface area (Å²) >= 11 is 0. The summed E-state index contributed by atoms with van der Waals surface area (Å²) in [5.74, 6) is 0.965. The molecule has 0 fully saturated rings. The fourth-order valence-electron chi connectivity index (χ4n) is 5.60. The van der Waals surface area contributed by atoms with Crippen molar-refractivity contribution in [3.8, 4) is 5.75 Å². The van der Waals surface area contributed by atoms with Crippen LogP contribution in [0.25, 0.3) is 10.9 Å². The number of para-hydroxylation sites is 1. The quantitative estimate of drug-likeness (QED) is 0.190. The van der Waals surface area contributed by atoms with Crippen molar-refractivity contribution >= 4 is 16.8 Å². The lowest BCUT2D eigenvalue weighted by Crippen LogP contribution is -2.27. The van der Waals surface area contributed by atoms with Crippen molar-refractivity contribution in [1.29, 1.82) is 0 Å². The minimum Gasteiger partial charge on any atom is -0.497 e. The minimum atomic E-state index is -0.0972.